The van der Waals surface area contributed by atoms with E-state index in [9.17, 15) is 8.22 Å². The Kier molecular flexibility index (Phi) is 3.85. The fraction of sp³-hybridized carbons (Fsp3) is 0. The number of furan rings is 1. The van der Waals surface area contributed by atoms with Crippen molar-refractivity contribution in [1.82, 2.24) is 4.57 Å². The van der Waals surface area contributed by atoms with Crippen LogP contribution in [0, 0.1) is 0 Å². The zero-order valence-electron chi connectivity index (χ0n) is 33.3. The van der Waals surface area contributed by atoms with E-state index in [1.807, 2.05) is 66.7 Å². The highest BCUT2D eigenvalue weighted by atomic mass is 16.3. The third kappa shape index (κ3) is 3.46. The van der Waals surface area contributed by atoms with Crippen LogP contribution >= 0.6 is 0 Å². The summed E-state index contributed by atoms with van der Waals surface area (Å²) in [5, 5.41) is 5.06. The molecule has 0 spiro atoms. The maximum Gasteiger partial charge on any atom is 0.160 e. The molecule has 2 nitrogen and oxygen atoms in total. The Morgan fingerprint density at radius 1 is 0.458 bits per heavy atom. The molecule has 48 heavy (non-hydrogen) atoms. The number of rotatable bonds is 3. The third-order valence-corrected chi connectivity index (χ3v) is 9.63. The first-order valence-corrected chi connectivity index (χ1v) is 15.9. The predicted molar refractivity (Wildman–Crippen MR) is 203 cm³/mol. The van der Waals surface area contributed by atoms with Crippen LogP contribution in [0.2, 0.25) is 0 Å². The fourth-order valence-corrected chi connectivity index (χ4v) is 7.52. The number of hydrogen-bond acceptors (Lipinski definition) is 1. The molecular formula is C46H27NO. The minimum Gasteiger partial charge on any atom is -0.454 e. The van der Waals surface area contributed by atoms with Gasteiger partial charge in [-0.15, -0.1) is 0 Å². The van der Waals surface area contributed by atoms with Crippen molar-refractivity contribution >= 4 is 76.1 Å². The number of fused-ring (bicyclic) bond motifs is 7. The summed E-state index contributed by atoms with van der Waals surface area (Å²) in [4.78, 5) is 0. The Labute approximate surface area is 287 Å². The zero-order chi connectivity index (χ0) is 38.3. The van der Waals surface area contributed by atoms with Gasteiger partial charge >= 0.3 is 0 Å². The van der Waals surface area contributed by atoms with Crippen molar-refractivity contribution in [3.63, 3.8) is 0 Å². The monoisotopic (exact) mass is 617 g/mol. The van der Waals surface area contributed by atoms with Crippen LogP contribution in [0.4, 0.5) is 0 Å². The van der Waals surface area contributed by atoms with Crippen LogP contribution in [-0.2, 0) is 0 Å². The Morgan fingerprint density at radius 3 is 1.88 bits per heavy atom. The molecule has 222 valence electrons. The van der Waals surface area contributed by atoms with E-state index in [0.29, 0.717) is 11.1 Å². The van der Waals surface area contributed by atoms with Crippen LogP contribution in [0.15, 0.2) is 168 Å². The average Bonchev–Trinajstić information content (AvgIpc) is 3.77. The summed E-state index contributed by atoms with van der Waals surface area (Å²) in [5.41, 5.74) is 5.73. The average molecular weight is 618 g/mol. The lowest BCUT2D eigenvalue weighted by Crippen LogP contribution is -1.95. The lowest BCUT2D eigenvalue weighted by molar-refractivity contribution is 0.671. The van der Waals surface area contributed by atoms with E-state index in [2.05, 4.69) is 28.8 Å². The molecular weight excluding hydrogens is 583 g/mol. The van der Waals surface area contributed by atoms with Crippen molar-refractivity contribution in [3.05, 3.63) is 164 Å². The molecule has 0 aliphatic rings. The lowest BCUT2D eigenvalue weighted by Gasteiger charge is -2.17. The number of para-hydroxylation sites is 2. The van der Waals surface area contributed by atoms with Crippen LogP contribution in [0.3, 0.4) is 0 Å². The van der Waals surface area contributed by atoms with Crippen molar-refractivity contribution in [2.45, 2.75) is 0 Å². The largest absolute Gasteiger partial charge is 0.454 e. The molecule has 0 N–H and O–H groups in total. The van der Waals surface area contributed by atoms with Crippen molar-refractivity contribution in [1.29, 1.82) is 0 Å². The molecule has 0 bridgehead atoms. The van der Waals surface area contributed by atoms with Crippen LogP contribution in [-0.4, -0.2) is 4.57 Å². The maximum atomic E-state index is 9.45. The Bertz CT molecular complexity index is 3510. The van der Waals surface area contributed by atoms with Gasteiger partial charge in [0, 0.05) is 27.2 Å². The molecule has 9 aromatic carbocycles. The summed E-state index contributed by atoms with van der Waals surface area (Å²) in [6.07, 6.45) is 0. The van der Waals surface area contributed by atoms with Gasteiger partial charge in [-0.2, -0.15) is 0 Å². The van der Waals surface area contributed by atoms with Crippen molar-refractivity contribution in [2.24, 2.45) is 0 Å². The molecule has 0 aliphatic carbocycles. The quantitative estimate of drug-likeness (QED) is 0.180. The molecule has 11 rings (SSSR count). The first kappa shape index (κ1) is 19.3. The molecule has 0 amide bonds. The first-order chi connectivity index (χ1) is 27.2. The zero-order valence-corrected chi connectivity index (χ0v) is 25.3. The summed E-state index contributed by atoms with van der Waals surface area (Å²) >= 11 is 0. The van der Waals surface area contributed by atoms with E-state index in [1.165, 1.54) is 0 Å². The topological polar surface area (TPSA) is 18.1 Å². The molecule has 0 atom stereocenters. The van der Waals surface area contributed by atoms with Gasteiger partial charge in [0.2, 0.25) is 0 Å². The number of hydrogen-bond donors (Lipinski definition) is 0. The Balaban J connectivity index is 1.28. The van der Waals surface area contributed by atoms with Crippen molar-refractivity contribution in [2.75, 3.05) is 0 Å². The van der Waals surface area contributed by atoms with Gasteiger partial charge in [0.1, 0.15) is 5.58 Å². The van der Waals surface area contributed by atoms with Crippen LogP contribution in [0.1, 0.15) is 11.0 Å². The molecule has 2 aromatic heterocycles. The minimum atomic E-state index is -0.303. The van der Waals surface area contributed by atoms with Crippen LogP contribution in [0.5, 0.6) is 0 Å². The normalized spacial score (nSPS) is 14.5. The number of nitrogens with zero attached hydrogens (tertiary/aromatic N) is 1. The first-order valence-electron chi connectivity index (χ1n) is 19.9. The van der Waals surface area contributed by atoms with E-state index in [-0.39, 0.29) is 91.8 Å². The van der Waals surface area contributed by atoms with Gasteiger partial charge in [-0.05, 0) is 84.9 Å². The predicted octanol–water partition coefficient (Wildman–Crippen LogP) is 12.9. The minimum absolute atomic E-state index is 0.0201. The van der Waals surface area contributed by atoms with Gasteiger partial charge in [-0.25, -0.2) is 0 Å². The highest BCUT2D eigenvalue weighted by Crippen LogP contribution is 2.44. The van der Waals surface area contributed by atoms with E-state index in [1.54, 1.807) is 24.3 Å². The summed E-state index contributed by atoms with van der Waals surface area (Å²) in [7, 11) is 0. The summed E-state index contributed by atoms with van der Waals surface area (Å²) in [6, 6.07) is 34.8. The van der Waals surface area contributed by atoms with E-state index in [4.69, 9.17) is 7.16 Å². The van der Waals surface area contributed by atoms with E-state index in [0.717, 1.165) is 49.4 Å². The molecule has 0 saturated carbocycles. The molecule has 0 radical (unpaired) electrons. The molecule has 0 aliphatic heterocycles. The third-order valence-electron chi connectivity index (χ3n) is 9.63. The molecule has 0 unspecified atom stereocenters. The van der Waals surface area contributed by atoms with Gasteiger partial charge in [-0.3, -0.25) is 0 Å². The number of aromatic nitrogens is 1. The van der Waals surface area contributed by atoms with Crippen LogP contribution < -0.4 is 0 Å². The van der Waals surface area contributed by atoms with Crippen molar-refractivity contribution < 1.29 is 15.4 Å². The van der Waals surface area contributed by atoms with Gasteiger partial charge in [0.15, 0.2) is 5.58 Å². The standard InChI is InChI=1S/C46H27NO/c1-2-9-28(10-3-1)33-21-17-29-20-24-38-34(22-18-30-19-23-37(33)43(29)44(30)38)31-11-8-12-32(27-31)47-41-15-6-4-13-35(41)39-25-26-40-36-14-5-7-16-42(36)48-46(40)45(39)47/h1-27H/i17D,18D,19D,20D,21D,22D,23D,24D. The fourth-order valence-electron chi connectivity index (χ4n) is 7.52. The van der Waals surface area contributed by atoms with E-state index >= 15 is 0 Å². The smallest absolute Gasteiger partial charge is 0.160 e. The molecule has 11 aromatic rings. The molecule has 2 heterocycles. The summed E-state index contributed by atoms with van der Waals surface area (Å²) < 4.78 is 82.9. The second-order valence-corrected chi connectivity index (χ2v) is 12.2. The second kappa shape index (κ2) is 9.57. The molecule has 0 fully saturated rings. The van der Waals surface area contributed by atoms with Crippen molar-refractivity contribution in [3.8, 4) is 27.9 Å². The molecule has 2 heteroatoms. The van der Waals surface area contributed by atoms with E-state index < -0.39 is 0 Å². The summed E-state index contributed by atoms with van der Waals surface area (Å²) in [6.45, 7) is 0. The number of benzene rings is 9. The molecule has 0 saturated heterocycles. The highest BCUT2D eigenvalue weighted by Gasteiger charge is 2.20. The van der Waals surface area contributed by atoms with Crippen LogP contribution in [0.25, 0.3) is 104 Å². The summed E-state index contributed by atoms with van der Waals surface area (Å²) in [5.74, 6) is 0. The Morgan fingerprint density at radius 2 is 1.08 bits per heavy atom. The van der Waals surface area contributed by atoms with Gasteiger partial charge < -0.3 is 8.98 Å². The van der Waals surface area contributed by atoms with Gasteiger partial charge in [0.05, 0.1) is 22.0 Å². The highest BCUT2D eigenvalue weighted by molar-refractivity contribution is 6.28. The van der Waals surface area contributed by atoms with Gasteiger partial charge in [0.25, 0.3) is 0 Å². The lowest BCUT2D eigenvalue weighted by atomic mass is 9.87. The second-order valence-electron chi connectivity index (χ2n) is 12.2. The van der Waals surface area contributed by atoms with Gasteiger partial charge in [-0.1, -0.05) is 133 Å². The maximum absolute atomic E-state index is 9.45. The Hall–Kier alpha value is -6.38. The SMILES string of the molecule is [2H]c1c([2H])c2c([2H])c([2H])c3c(-c4cccc(-n5c6ccccc6c6ccc7c8ccccc8oc7c65)c4)c([2H])c([2H])c4c([2H])c([2H])c(c1-c1ccccc1)c2c43.